The summed E-state index contributed by atoms with van der Waals surface area (Å²) in [4.78, 5) is 34.8. The molecule has 0 amide bonds. The average molecular weight is 502 g/mol. The number of hydrogen-bond donors (Lipinski definition) is 3. The molecule has 0 bridgehead atoms. The van der Waals surface area contributed by atoms with E-state index >= 15 is 0 Å². The Hall–Kier alpha value is -3.15. The first-order chi connectivity index (χ1) is 15.6. The molecule has 2 aromatic rings. The maximum atomic E-state index is 12.0. The van der Waals surface area contributed by atoms with Crippen molar-refractivity contribution in [1.82, 2.24) is 19.9 Å². The number of halogens is 2. The van der Waals surface area contributed by atoms with E-state index in [-0.39, 0.29) is 5.69 Å². The molecule has 3 N–H and O–H groups in total. The van der Waals surface area contributed by atoms with Gasteiger partial charge in [-0.05, 0) is 31.3 Å². The molecule has 0 fully saturated rings. The number of aliphatic carboxylic acids is 2. The number of carboxylic acids is 2. The van der Waals surface area contributed by atoms with Crippen LogP contribution in [-0.4, -0.2) is 74.8 Å². The Bertz CT molecular complexity index is 975. The molecular weight excluding hydrogens is 477 g/mol. The highest BCUT2D eigenvalue weighted by Gasteiger charge is 2.20. The first-order valence-electron chi connectivity index (χ1n) is 9.72. The molecule has 1 aromatic heterocycles. The number of carbonyl (C=O) groups is 3. The van der Waals surface area contributed by atoms with Crippen LogP contribution in [-0.2, 0) is 20.9 Å². The van der Waals surface area contributed by atoms with E-state index in [0.717, 1.165) is 19.6 Å². The number of aromatic nitrogens is 3. The standard InChI is InChI=1S/C16H21Cl2N5O2.C4H4O4/c1-4-22(5-2)8-9-23-20-14(16(24)25-3)15(21-23)19-11-6-7-12(17)13(18)10-11;5-3(6)1-2-4(7)8/h6-7,10H,4-5,8-9H2,1-3H3,(H,19,21);1-2H,(H,5,6)(H,7,8)/b;2-1-. The SMILES string of the molecule is CCN(CC)CCn1nc(Nc2ccc(Cl)c(Cl)c2)c(C(=O)OC)n1.O=C(O)/C=C\C(=O)O. The second kappa shape index (κ2) is 14.1. The van der Waals surface area contributed by atoms with Crippen LogP contribution in [0.25, 0.3) is 0 Å². The molecule has 11 nitrogen and oxygen atoms in total. The number of methoxy groups -OCH3 is 1. The van der Waals surface area contributed by atoms with Crippen LogP contribution in [0.4, 0.5) is 11.5 Å². The molecule has 0 aliphatic carbocycles. The number of anilines is 2. The second-order valence-electron chi connectivity index (χ2n) is 6.28. The van der Waals surface area contributed by atoms with Crippen molar-refractivity contribution in [3.63, 3.8) is 0 Å². The van der Waals surface area contributed by atoms with E-state index in [4.69, 9.17) is 38.2 Å². The number of nitrogens with zero attached hydrogens (tertiary/aromatic N) is 4. The summed E-state index contributed by atoms with van der Waals surface area (Å²) in [7, 11) is 1.31. The number of carbonyl (C=O) groups excluding carboxylic acids is 1. The normalized spacial score (nSPS) is 10.6. The molecule has 13 heteroatoms. The number of benzene rings is 1. The lowest BCUT2D eigenvalue weighted by Gasteiger charge is -2.16. The van der Waals surface area contributed by atoms with Crippen LogP contribution < -0.4 is 5.32 Å². The van der Waals surface area contributed by atoms with Gasteiger partial charge >= 0.3 is 17.9 Å². The summed E-state index contributed by atoms with van der Waals surface area (Å²) in [6, 6.07) is 5.05. The average Bonchev–Trinajstić information content (AvgIpc) is 3.18. The van der Waals surface area contributed by atoms with Crippen LogP contribution in [0.15, 0.2) is 30.4 Å². The minimum atomic E-state index is -1.26. The Kier molecular flexibility index (Phi) is 11.9. The van der Waals surface area contributed by atoms with Crippen LogP contribution >= 0.6 is 23.2 Å². The summed E-state index contributed by atoms with van der Waals surface area (Å²) in [6.45, 7) is 7.42. The monoisotopic (exact) mass is 501 g/mol. The fourth-order valence-corrected chi connectivity index (χ4v) is 2.69. The zero-order valence-electron chi connectivity index (χ0n) is 18.3. The van der Waals surface area contributed by atoms with Gasteiger partial charge in [0.05, 0.1) is 23.7 Å². The Morgan fingerprint density at radius 1 is 1.09 bits per heavy atom. The van der Waals surface area contributed by atoms with E-state index in [9.17, 15) is 14.4 Å². The van der Waals surface area contributed by atoms with Crippen LogP contribution in [0.3, 0.4) is 0 Å². The molecule has 1 aromatic carbocycles. The second-order valence-corrected chi connectivity index (χ2v) is 7.09. The summed E-state index contributed by atoms with van der Waals surface area (Å²) in [6.07, 6.45) is 1.12. The molecule has 2 rings (SSSR count). The van der Waals surface area contributed by atoms with Gasteiger partial charge in [-0.2, -0.15) is 4.80 Å². The molecule has 1 heterocycles. The number of likely N-dealkylation sites (N-methyl/N-ethyl adjacent to an activating group) is 1. The molecular formula is C20H25Cl2N5O6. The van der Waals surface area contributed by atoms with Gasteiger partial charge in [0, 0.05) is 24.4 Å². The lowest BCUT2D eigenvalue weighted by molar-refractivity contribution is -0.134. The number of ether oxygens (including phenoxy) is 1. The molecule has 0 unspecified atom stereocenters. The van der Waals surface area contributed by atoms with Crippen molar-refractivity contribution in [2.24, 2.45) is 0 Å². The van der Waals surface area contributed by atoms with Crippen molar-refractivity contribution in [2.45, 2.75) is 20.4 Å². The van der Waals surface area contributed by atoms with Crippen molar-refractivity contribution in [1.29, 1.82) is 0 Å². The predicted molar refractivity (Wildman–Crippen MR) is 123 cm³/mol. The topological polar surface area (TPSA) is 147 Å². The van der Waals surface area contributed by atoms with Crippen LogP contribution in [0.2, 0.25) is 10.0 Å². The van der Waals surface area contributed by atoms with Crippen LogP contribution in [0.5, 0.6) is 0 Å². The maximum absolute atomic E-state index is 12.0. The van der Waals surface area contributed by atoms with E-state index in [1.54, 1.807) is 18.2 Å². The Morgan fingerprint density at radius 3 is 2.18 bits per heavy atom. The third kappa shape index (κ3) is 9.89. The fraction of sp³-hybridized carbons (Fsp3) is 0.350. The first-order valence-corrected chi connectivity index (χ1v) is 10.5. The van der Waals surface area contributed by atoms with E-state index in [2.05, 4.69) is 34.3 Å². The molecule has 0 radical (unpaired) electrons. The van der Waals surface area contributed by atoms with Gasteiger partial charge in [-0.15, -0.1) is 10.2 Å². The lowest BCUT2D eigenvalue weighted by Crippen LogP contribution is -2.27. The molecule has 0 atom stereocenters. The summed E-state index contributed by atoms with van der Waals surface area (Å²) >= 11 is 11.9. The van der Waals surface area contributed by atoms with Gasteiger partial charge in [-0.3, -0.25) is 0 Å². The zero-order chi connectivity index (χ0) is 25.0. The lowest BCUT2D eigenvalue weighted by atomic mass is 10.3. The minimum Gasteiger partial charge on any atom is -0.478 e. The molecule has 33 heavy (non-hydrogen) atoms. The Morgan fingerprint density at radius 2 is 1.70 bits per heavy atom. The third-order valence-electron chi connectivity index (χ3n) is 4.10. The highest BCUT2D eigenvalue weighted by atomic mass is 35.5. The van der Waals surface area contributed by atoms with Crippen molar-refractivity contribution in [3.05, 3.63) is 46.1 Å². The third-order valence-corrected chi connectivity index (χ3v) is 4.83. The fourth-order valence-electron chi connectivity index (χ4n) is 2.39. The van der Waals surface area contributed by atoms with Crippen LogP contribution in [0.1, 0.15) is 24.3 Å². The van der Waals surface area contributed by atoms with Crippen molar-refractivity contribution in [3.8, 4) is 0 Å². The number of esters is 1. The summed E-state index contributed by atoms with van der Waals surface area (Å²) in [5, 5.41) is 28.1. The molecule has 180 valence electrons. The summed E-state index contributed by atoms with van der Waals surface area (Å²) < 4.78 is 4.79. The van der Waals surface area contributed by atoms with E-state index < -0.39 is 17.9 Å². The van der Waals surface area contributed by atoms with Gasteiger partial charge in [-0.25, -0.2) is 14.4 Å². The van der Waals surface area contributed by atoms with E-state index in [1.807, 2.05) is 0 Å². The molecule has 0 aliphatic heterocycles. The van der Waals surface area contributed by atoms with Gasteiger partial charge in [-0.1, -0.05) is 37.0 Å². The van der Waals surface area contributed by atoms with E-state index in [1.165, 1.54) is 11.9 Å². The van der Waals surface area contributed by atoms with Crippen molar-refractivity contribution in [2.75, 3.05) is 32.1 Å². The number of carboxylic acid groups (broad SMARTS) is 2. The van der Waals surface area contributed by atoms with Gasteiger partial charge in [0.25, 0.3) is 0 Å². The van der Waals surface area contributed by atoms with Crippen molar-refractivity contribution >= 4 is 52.6 Å². The van der Waals surface area contributed by atoms with Gasteiger partial charge in [0.15, 0.2) is 5.82 Å². The quantitative estimate of drug-likeness (QED) is 0.327. The van der Waals surface area contributed by atoms with Gasteiger partial charge < -0.3 is 25.2 Å². The number of nitrogens with one attached hydrogen (secondary N) is 1. The van der Waals surface area contributed by atoms with Crippen LogP contribution in [0, 0.1) is 0 Å². The Labute approximate surface area is 200 Å². The summed E-state index contributed by atoms with van der Waals surface area (Å²) in [5.41, 5.74) is 0.767. The molecule has 0 saturated carbocycles. The largest absolute Gasteiger partial charge is 0.478 e. The highest BCUT2D eigenvalue weighted by Crippen LogP contribution is 2.27. The summed E-state index contributed by atoms with van der Waals surface area (Å²) in [5.74, 6) is -2.76. The van der Waals surface area contributed by atoms with E-state index in [0.29, 0.717) is 40.2 Å². The minimum absolute atomic E-state index is 0.119. The van der Waals surface area contributed by atoms with Gasteiger partial charge in [0.2, 0.25) is 5.69 Å². The Balaban J connectivity index is 0.000000582. The maximum Gasteiger partial charge on any atom is 0.362 e. The predicted octanol–water partition coefficient (Wildman–Crippen LogP) is 3.17. The first kappa shape index (κ1) is 27.9. The molecule has 0 saturated heterocycles. The molecule has 0 spiro atoms. The number of hydrogen-bond acceptors (Lipinski definition) is 8. The number of rotatable bonds is 10. The van der Waals surface area contributed by atoms with Crippen molar-refractivity contribution < 1.29 is 29.3 Å². The molecule has 0 aliphatic rings. The van der Waals surface area contributed by atoms with Gasteiger partial charge in [0.1, 0.15) is 0 Å². The highest BCUT2D eigenvalue weighted by molar-refractivity contribution is 6.42. The smallest absolute Gasteiger partial charge is 0.362 e. The zero-order valence-corrected chi connectivity index (χ0v) is 19.8.